The van der Waals surface area contributed by atoms with Crippen LogP contribution < -0.4 is 0 Å². The van der Waals surface area contributed by atoms with Crippen LogP contribution in [-0.4, -0.2) is 33.7 Å². The maximum Gasteiger partial charge on any atom is 0.226 e. The van der Waals surface area contributed by atoms with Crippen molar-refractivity contribution in [3.8, 4) is 0 Å². The number of benzene rings is 1. The summed E-state index contributed by atoms with van der Waals surface area (Å²) < 4.78 is 15.2. The van der Waals surface area contributed by atoms with Crippen molar-refractivity contribution in [1.29, 1.82) is 0 Å². The SMILES string of the molecule is Cn1cc(CC2CCN(C(=O)C3CC3c3cccc(F)c3)C2)cn1. The molecule has 1 amide bonds. The smallest absolute Gasteiger partial charge is 0.226 e. The molecule has 2 fully saturated rings. The second kappa shape index (κ2) is 6.04. The van der Waals surface area contributed by atoms with Crippen LogP contribution in [0.1, 0.15) is 29.9 Å². The quantitative estimate of drug-likeness (QED) is 0.866. The Bertz CT molecular complexity index is 757. The highest BCUT2D eigenvalue weighted by Gasteiger charge is 2.46. The molecule has 1 aromatic carbocycles. The first-order chi connectivity index (χ1) is 11.6. The highest BCUT2D eigenvalue weighted by Crippen LogP contribution is 2.49. The van der Waals surface area contributed by atoms with E-state index >= 15 is 0 Å². The van der Waals surface area contributed by atoms with Gasteiger partial charge in [-0.05, 0) is 54.4 Å². The zero-order chi connectivity index (χ0) is 16.7. The minimum absolute atomic E-state index is 0.0453. The van der Waals surface area contributed by atoms with E-state index < -0.39 is 0 Å². The molecule has 2 aliphatic rings. The van der Waals surface area contributed by atoms with Gasteiger partial charge in [-0.25, -0.2) is 4.39 Å². The minimum Gasteiger partial charge on any atom is -0.342 e. The van der Waals surface area contributed by atoms with Crippen molar-refractivity contribution >= 4 is 5.91 Å². The first kappa shape index (κ1) is 15.4. The lowest BCUT2D eigenvalue weighted by Crippen LogP contribution is -2.30. The Labute approximate surface area is 141 Å². The van der Waals surface area contributed by atoms with Gasteiger partial charge in [-0.15, -0.1) is 0 Å². The third kappa shape index (κ3) is 3.07. The molecule has 1 aliphatic carbocycles. The van der Waals surface area contributed by atoms with Crippen molar-refractivity contribution in [3.63, 3.8) is 0 Å². The lowest BCUT2D eigenvalue weighted by Gasteiger charge is -2.16. The van der Waals surface area contributed by atoms with Crippen molar-refractivity contribution in [2.75, 3.05) is 13.1 Å². The molecule has 24 heavy (non-hydrogen) atoms. The van der Waals surface area contributed by atoms with E-state index in [1.165, 1.54) is 11.6 Å². The molecule has 4 rings (SSSR count). The van der Waals surface area contributed by atoms with Gasteiger partial charge in [0.2, 0.25) is 5.91 Å². The summed E-state index contributed by atoms with van der Waals surface area (Å²) >= 11 is 0. The molecule has 0 bridgehead atoms. The largest absolute Gasteiger partial charge is 0.342 e. The molecule has 3 atom stereocenters. The van der Waals surface area contributed by atoms with Gasteiger partial charge >= 0.3 is 0 Å². The molecule has 0 N–H and O–H groups in total. The van der Waals surface area contributed by atoms with Crippen LogP contribution in [0.4, 0.5) is 4.39 Å². The van der Waals surface area contributed by atoms with Gasteiger partial charge in [-0.3, -0.25) is 9.48 Å². The van der Waals surface area contributed by atoms with Crippen molar-refractivity contribution in [1.82, 2.24) is 14.7 Å². The number of aromatic nitrogens is 2. The van der Waals surface area contributed by atoms with E-state index in [2.05, 4.69) is 5.10 Å². The van der Waals surface area contributed by atoms with Crippen LogP contribution in [0.25, 0.3) is 0 Å². The number of hydrogen-bond donors (Lipinski definition) is 0. The van der Waals surface area contributed by atoms with Gasteiger partial charge in [-0.2, -0.15) is 5.10 Å². The molecular formula is C19H22FN3O. The maximum atomic E-state index is 13.3. The number of carbonyl (C=O) groups is 1. The Kier molecular flexibility index (Phi) is 3.87. The lowest BCUT2D eigenvalue weighted by molar-refractivity contribution is -0.131. The zero-order valence-corrected chi connectivity index (χ0v) is 13.9. The predicted molar refractivity (Wildman–Crippen MR) is 88.8 cm³/mol. The average Bonchev–Trinajstić information content (AvgIpc) is 3.06. The lowest BCUT2D eigenvalue weighted by atomic mass is 10.0. The van der Waals surface area contributed by atoms with Gasteiger partial charge in [0.15, 0.2) is 0 Å². The Hall–Kier alpha value is -2.17. The number of hydrogen-bond acceptors (Lipinski definition) is 2. The third-order valence-electron chi connectivity index (χ3n) is 5.26. The summed E-state index contributed by atoms with van der Waals surface area (Å²) in [7, 11) is 1.92. The molecule has 1 saturated carbocycles. The Morgan fingerprint density at radius 3 is 3.04 bits per heavy atom. The van der Waals surface area contributed by atoms with Crippen LogP contribution in [0.5, 0.6) is 0 Å². The topological polar surface area (TPSA) is 38.1 Å². The maximum absolute atomic E-state index is 13.3. The van der Waals surface area contributed by atoms with E-state index in [1.54, 1.807) is 12.1 Å². The number of aryl methyl sites for hydroxylation is 1. The number of amides is 1. The summed E-state index contributed by atoms with van der Waals surface area (Å²) in [4.78, 5) is 14.7. The Morgan fingerprint density at radius 1 is 1.42 bits per heavy atom. The average molecular weight is 327 g/mol. The van der Waals surface area contributed by atoms with E-state index in [1.807, 2.05) is 35.1 Å². The van der Waals surface area contributed by atoms with Crippen LogP contribution in [0, 0.1) is 17.7 Å². The normalized spacial score (nSPS) is 25.9. The molecule has 1 aliphatic heterocycles. The van der Waals surface area contributed by atoms with Gasteiger partial charge in [0, 0.05) is 32.3 Å². The highest BCUT2D eigenvalue weighted by molar-refractivity contribution is 5.83. The van der Waals surface area contributed by atoms with Gasteiger partial charge in [0.05, 0.1) is 6.20 Å². The van der Waals surface area contributed by atoms with Gasteiger partial charge in [0.25, 0.3) is 0 Å². The molecule has 1 saturated heterocycles. The summed E-state index contributed by atoms with van der Waals surface area (Å²) in [5.74, 6) is 0.792. The van der Waals surface area contributed by atoms with E-state index in [4.69, 9.17) is 0 Å². The highest BCUT2D eigenvalue weighted by atomic mass is 19.1. The van der Waals surface area contributed by atoms with Crippen molar-refractivity contribution in [3.05, 3.63) is 53.6 Å². The van der Waals surface area contributed by atoms with Crippen LogP contribution in [0.2, 0.25) is 0 Å². The summed E-state index contributed by atoms with van der Waals surface area (Å²) in [6.45, 7) is 1.68. The van der Waals surface area contributed by atoms with Crippen molar-refractivity contribution < 1.29 is 9.18 Å². The summed E-state index contributed by atoms with van der Waals surface area (Å²) in [5, 5.41) is 4.21. The van der Waals surface area contributed by atoms with E-state index in [0.717, 1.165) is 37.9 Å². The molecule has 0 spiro atoms. The molecular weight excluding hydrogens is 305 g/mol. The molecule has 0 radical (unpaired) electrons. The van der Waals surface area contributed by atoms with E-state index in [-0.39, 0.29) is 23.6 Å². The fourth-order valence-corrected chi connectivity index (χ4v) is 3.92. The minimum atomic E-state index is -0.219. The first-order valence-corrected chi connectivity index (χ1v) is 8.62. The number of nitrogens with zero attached hydrogens (tertiary/aromatic N) is 3. The first-order valence-electron chi connectivity index (χ1n) is 8.62. The van der Waals surface area contributed by atoms with Crippen LogP contribution in [0.3, 0.4) is 0 Å². The van der Waals surface area contributed by atoms with Crippen LogP contribution in [-0.2, 0) is 18.3 Å². The van der Waals surface area contributed by atoms with Crippen LogP contribution in [0.15, 0.2) is 36.7 Å². The fourth-order valence-electron chi connectivity index (χ4n) is 3.92. The predicted octanol–water partition coefficient (Wildman–Crippen LogP) is 2.75. The second-order valence-corrected chi connectivity index (χ2v) is 7.17. The molecule has 2 heterocycles. The van der Waals surface area contributed by atoms with Gasteiger partial charge in [-0.1, -0.05) is 12.1 Å². The second-order valence-electron chi connectivity index (χ2n) is 7.17. The Morgan fingerprint density at radius 2 is 2.29 bits per heavy atom. The summed E-state index contributed by atoms with van der Waals surface area (Å²) in [6, 6.07) is 6.67. The van der Waals surface area contributed by atoms with Gasteiger partial charge < -0.3 is 4.90 Å². The molecule has 126 valence electrons. The van der Waals surface area contributed by atoms with Gasteiger partial charge in [0.1, 0.15) is 5.82 Å². The summed E-state index contributed by atoms with van der Waals surface area (Å²) in [5.41, 5.74) is 2.19. The number of halogens is 1. The molecule has 4 nitrogen and oxygen atoms in total. The van der Waals surface area contributed by atoms with E-state index in [0.29, 0.717) is 5.92 Å². The number of carbonyl (C=O) groups excluding carboxylic acids is 1. The monoisotopic (exact) mass is 327 g/mol. The number of rotatable bonds is 4. The third-order valence-corrected chi connectivity index (χ3v) is 5.26. The Balaban J connectivity index is 1.33. The molecule has 3 unspecified atom stereocenters. The van der Waals surface area contributed by atoms with Crippen LogP contribution >= 0.6 is 0 Å². The standard InChI is InChI=1S/C19H22FN3O/c1-22-11-14(10-21-22)7-13-5-6-23(12-13)19(24)18-9-17(18)15-3-2-4-16(20)8-15/h2-4,8,10-11,13,17-18H,5-7,9,12H2,1H3. The zero-order valence-electron chi connectivity index (χ0n) is 13.9. The fraction of sp³-hybridized carbons (Fsp3) is 0.474. The van der Waals surface area contributed by atoms with E-state index in [9.17, 15) is 9.18 Å². The summed E-state index contributed by atoms with van der Waals surface area (Å²) in [6.07, 6.45) is 6.84. The molecule has 2 aromatic rings. The molecule has 1 aromatic heterocycles. The van der Waals surface area contributed by atoms with Crippen molar-refractivity contribution in [2.45, 2.75) is 25.2 Å². The number of likely N-dealkylation sites (tertiary alicyclic amines) is 1. The van der Waals surface area contributed by atoms with Crippen molar-refractivity contribution in [2.24, 2.45) is 18.9 Å². The molecule has 5 heteroatoms.